The predicted molar refractivity (Wildman–Crippen MR) is 140 cm³/mol. The number of likely N-dealkylation sites (tertiary alicyclic amines) is 1. The highest BCUT2D eigenvalue weighted by atomic mass is 16.6. The lowest BCUT2D eigenvalue weighted by Gasteiger charge is -2.43. The first-order valence-corrected chi connectivity index (χ1v) is 13.0. The first-order valence-electron chi connectivity index (χ1n) is 13.0. The van der Waals surface area contributed by atoms with Crippen LogP contribution >= 0.6 is 0 Å². The molecule has 1 saturated heterocycles. The third-order valence-electron chi connectivity index (χ3n) is 7.34. The molecule has 40 heavy (non-hydrogen) atoms. The molecule has 0 aromatic heterocycles. The van der Waals surface area contributed by atoms with E-state index in [1.807, 2.05) is 0 Å². The number of carboxylic acid groups (broad SMARTS) is 1. The molecule has 1 saturated carbocycles. The minimum Gasteiger partial charge on any atom is -0.479 e. The van der Waals surface area contributed by atoms with Crippen LogP contribution < -0.4 is 0 Å². The number of nitrogens with zero attached hydrogens (tertiary/aromatic N) is 1. The summed E-state index contributed by atoms with van der Waals surface area (Å²) in [5.74, 6) is -7.73. The maximum absolute atomic E-state index is 14.4. The lowest BCUT2D eigenvalue weighted by Crippen LogP contribution is -2.71. The molecule has 0 radical (unpaired) electrons. The average Bonchev–Trinajstić information content (AvgIpc) is 3.20. The minimum absolute atomic E-state index is 0.0511. The molecule has 2 aliphatic rings. The third-order valence-corrected chi connectivity index (χ3v) is 7.34. The Labute approximate surface area is 231 Å². The maximum Gasteiger partial charge on any atom is 0.411 e. The first kappa shape index (κ1) is 28.7. The molecule has 2 aromatic carbocycles. The van der Waals surface area contributed by atoms with Gasteiger partial charge in [-0.3, -0.25) is 24.1 Å². The van der Waals surface area contributed by atoms with Gasteiger partial charge in [0.05, 0.1) is 5.92 Å². The van der Waals surface area contributed by atoms with E-state index >= 15 is 0 Å². The lowest BCUT2D eigenvalue weighted by atomic mass is 9.57. The summed E-state index contributed by atoms with van der Waals surface area (Å²) in [7, 11) is 0. The van der Waals surface area contributed by atoms with E-state index in [4.69, 9.17) is 9.47 Å². The van der Waals surface area contributed by atoms with Gasteiger partial charge in [-0.05, 0) is 32.8 Å². The van der Waals surface area contributed by atoms with Gasteiger partial charge in [0.15, 0.2) is 17.3 Å². The number of fused-ring (bicyclic) bond motifs is 1. The number of rotatable bonds is 6. The summed E-state index contributed by atoms with van der Waals surface area (Å²) in [6.45, 7) is 3.65. The fourth-order valence-corrected chi connectivity index (χ4v) is 5.75. The van der Waals surface area contributed by atoms with Crippen molar-refractivity contribution < 1.29 is 43.3 Å². The van der Waals surface area contributed by atoms with E-state index in [-0.39, 0.29) is 25.0 Å². The van der Waals surface area contributed by atoms with E-state index in [2.05, 4.69) is 0 Å². The molecule has 10 nitrogen and oxygen atoms in total. The number of carbonyl (C=O) groups excluding carboxylic acids is 5. The molecule has 0 spiro atoms. The number of carbonyl (C=O) groups is 6. The van der Waals surface area contributed by atoms with Gasteiger partial charge in [-0.25, -0.2) is 9.59 Å². The molecule has 4 rings (SSSR count). The largest absolute Gasteiger partial charge is 0.479 e. The summed E-state index contributed by atoms with van der Waals surface area (Å²) in [5.41, 5.74) is -6.39. The van der Waals surface area contributed by atoms with Crippen LogP contribution in [0.25, 0.3) is 0 Å². The van der Waals surface area contributed by atoms with Crippen molar-refractivity contribution in [3.63, 3.8) is 0 Å². The molecule has 1 heterocycles. The predicted octanol–water partition coefficient (Wildman–Crippen LogP) is 3.61. The summed E-state index contributed by atoms with van der Waals surface area (Å²) in [6.07, 6.45) is -2.02. The minimum atomic E-state index is -3.02. The lowest BCUT2D eigenvalue weighted by molar-refractivity contribution is -0.166. The van der Waals surface area contributed by atoms with Crippen LogP contribution in [0.4, 0.5) is 4.79 Å². The Hall–Kier alpha value is -4.34. The monoisotopic (exact) mass is 549 g/mol. The van der Waals surface area contributed by atoms with Crippen LogP contribution in [0.2, 0.25) is 0 Å². The molecule has 3 atom stereocenters. The normalized spacial score (nSPS) is 24.6. The Kier molecular flexibility index (Phi) is 7.65. The van der Waals surface area contributed by atoms with Gasteiger partial charge in [0.1, 0.15) is 17.6 Å². The zero-order valence-corrected chi connectivity index (χ0v) is 22.5. The van der Waals surface area contributed by atoms with Crippen LogP contribution in [-0.4, -0.2) is 63.1 Å². The molecule has 1 aliphatic heterocycles. The summed E-state index contributed by atoms with van der Waals surface area (Å²) in [6, 6.07) is 16.0. The molecule has 2 unspecified atom stereocenters. The summed E-state index contributed by atoms with van der Waals surface area (Å²) < 4.78 is 11.0. The van der Waals surface area contributed by atoms with Gasteiger partial charge >= 0.3 is 18.0 Å². The third kappa shape index (κ3) is 4.57. The van der Waals surface area contributed by atoms with E-state index in [0.717, 1.165) is 0 Å². The molecule has 0 bridgehead atoms. The maximum atomic E-state index is 14.4. The Balaban J connectivity index is 1.97. The van der Waals surface area contributed by atoms with Crippen LogP contribution in [0.5, 0.6) is 0 Å². The van der Waals surface area contributed by atoms with E-state index in [1.165, 1.54) is 24.3 Å². The van der Waals surface area contributed by atoms with Crippen molar-refractivity contribution in [2.75, 3.05) is 6.54 Å². The standard InChI is InChI=1S/C30H31NO9/c1-28(2,3)40-27(38)31-17-21(25(35)39-18-19-11-6-4-7-12-19)29(24(34)20-13-8-5-9-14-20)22(32)15-10-16-23(33)30(29,31)26(36)37/h4-9,11-14,21H,10,15-18H2,1-3H3,(H,36,37)/t21?,29?,30-/m0/s1. The molecular weight excluding hydrogens is 518 g/mol. The number of ketones is 3. The van der Waals surface area contributed by atoms with Crippen LogP contribution in [0.3, 0.4) is 0 Å². The molecule has 2 aromatic rings. The van der Waals surface area contributed by atoms with Crippen molar-refractivity contribution in [2.45, 2.75) is 57.8 Å². The van der Waals surface area contributed by atoms with Crippen molar-refractivity contribution in [1.82, 2.24) is 4.90 Å². The van der Waals surface area contributed by atoms with Crippen molar-refractivity contribution >= 4 is 35.4 Å². The Bertz CT molecular complexity index is 1350. The fraction of sp³-hybridized carbons (Fsp3) is 0.400. The van der Waals surface area contributed by atoms with Gasteiger partial charge in [-0.1, -0.05) is 60.7 Å². The molecule has 10 heteroatoms. The van der Waals surface area contributed by atoms with E-state index < -0.39 is 70.8 Å². The van der Waals surface area contributed by atoms with E-state index in [0.29, 0.717) is 10.5 Å². The highest BCUT2D eigenvalue weighted by Gasteiger charge is 2.81. The zero-order chi connectivity index (χ0) is 29.3. The van der Waals surface area contributed by atoms with Gasteiger partial charge < -0.3 is 14.6 Å². The molecular formula is C30H31NO9. The summed E-state index contributed by atoms with van der Waals surface area (Å²) >= 11 is 0. The molecule has 1 N–H and O–H groups in total. The molecule has 210 valence electrons. The highest BCUT2D eigenvalue weighted by Crippen LogP contribution is 2.56. The average molecular weight is 550 g/mol. The van der Waals surface area contributed by atoms with Crippen molar-refractivity contribution in [1.29, 1.82) is 0 Å². The first-order chi connectivity index (χ1) is 18.9. The van der Waals surface area contributed by atoms with Crippen LogP contribution in [0.1, 0.15) is 56.0 Å². The van der Waals surface area contributed by atoms with Crippen LogP contribution in [0.15, 0.2) is 60.7 Å². The van der Waals surface area contributed by atoms with E-state index in [9.17, 15) is 33.9 Å². The van der Waals surface area contributed by atoms with Gasteiger partial charge in [0.2, 0.25) is 5.54 Å². The highest BCUT2D eigenvalue weighted by molar-refractivity contribution is 6.29. The Morgan fingerprint density at radius 2 is 1.50 bits per heavy atom. The summed E-state index contributed by atoms with van der Waals surface area (Å²) in [4.78, 5) is 83.7. The molecule has 1 aliphatic carbocycles. The number of Topliss-reactive ketones (excluding diaryl/α,β-unsaturated/α-hetero) is 3. The van der Waals surface area contributed by atoms with Crippen LogP contribution in [0, 0.1) is 11.3 Å². The zero-order valence-electron chi connectivity index (χ0n) is 22.5. The number of hydrogen-bond acceptors (Lipinski definition) is 8. The second-order valence-electron chi connectivity index (χ2n) is 11.0. The number of benzene rings is 2. The fourth-order valence-electron chi connectivity index (χ4n) is 5.75. The van der Waals surface area contributed by atoms with Gasteiger partial charge in [-0.2, -0.15) is 0 Å². The van der Waals surface area contributed by atoms with Gasteiger partial charge in [0, 0.05) is 24.9 Å². The van der Waals surface area contributed by atoms with E-state index in [1.54, 1.807) is 57.2 Å². The van der Waals surface area contributed by atoms with Crippen molar-refractivity contribution in [2.24, 2.45) is 11.3 Å². The topological polar surface area (TPSA) is 144 Å². The quantitative estimate of drug-likeness (QED) is 0.324. The van der Waals surface area contributed by atoms with Gasteiger partial charge in [0.25, 0.3) is 0 Å². The Morgan fingerprint density at radius 3 is 2.08 bits per heavy atom. The number of esters is 1. The van der Waals surface area contributed by atoms with Gasteiger partial charge in [-0.15, -0.1) is 0 Å². The van der Waals surface area contributed by atoms with Crippen molar-refractivity contribution in [3.8, 4) is 0 Å². The molecule has 2 fully saturated rings. The second kappa shape index (κ2) is 10.7. The van der Waals surface area contributed by atoms with Crippen LogP contribution in [-0.2, 0) is 35.3 Å². The number of carboxylic acids is 1. The number of ether oxygens (including phenoxy) is 2. The Morgan fingerprint density at radius 1 is 0.925 bits per heavy atom. The molecule has 1 amide bonds. The SMILES string of the molecule is CC(C)(C)OC(=O)N1CC(C(=O)OCc2ccccc2)C2(C(=O)c3ccccc3)C(=O)CCCC(=O)[C@@]12C(=O)O. The number of aliphatic carboxylic acids is 1. The van der Waals surface area contributed by atoms with Crippen molar-refractivity contribution in [3.05, 3.63) is 71.8 Å². The number of hydrogen-bond donors (Lipinski definition) is 1. The smallest absolute Gasteiger partial charge is 0.411 e. The second-order valence-corrected chi connectivity index (χ2v) is 11.0. The number of amides is 1. The summed E-state index contributed by atoms with van der Waals surface area (Å²) in [5, 5.41) is 10.8.